The number of aryl methyl sites for hydroxylation is 1. The second kappa shape index (κ2) is 4.75. The zero-order chi connectivity index (χ0) is 12.4. The number of nitrogens with one attached hydrogen (secondary N) is 1. The lowest BCUT2D eigenvalue weighted by Gasteiger charge is -2.09. The van der Waals surface area contributed by atoms with E-state index in [1.165, 1.54) is 6.07 Å². The summed E-state index contributed by atoms with van der Waals surface area (Å²) < 4.78 is 26.6. The zero-order valence-electron chi connectivity index (χ0n) is 8.84. The van der Waals surface area contributed by atoms with E-state index in [0.717, 1.165) is 18.0 Å². The standard InChI is InChI=1S/C11H8BrF2N3/c1-6-2-7(12)8(13)3-9(6)17-11-4-10(14)15-5-16-11/h2-5H,1H3,(H,15,16,17). The smallest absolute Gasteiger partial charge is 0.218 e. The van der Waals surface area contributed by atoms with E-state index in [-0.39, 0.29) is 5.82 Å². The third-order valence-electron chi connectivity index (χ3n) is 2.16. The first-order chi connectivity index (χ1) is 8.06. The highest BCUT2D eigenvalue weighted by molar-refractivity contribution is 9.10. The van der Waals surface area contributed by atoms with Crippen LogP contribution in [0.15, 0.2) is 29.0 Å². The predicted molar refractivity (Wildman–Crippen MR) is 64.1 cm³/mol. The maximum absolute atomic E-state index is 13.3. The van der Waals surface area contributed by atoms with Gasteiger partial charge in [0.25, 0.3) is 0 Å². The first-order valence-corrected chi connectivity index (χ1v) is 5.56. The van der Waals surface area contributed by atoms with Crippen LogP contribution in [0.1, 0.15) is 5.56 Å². The fourth-order valence-electron chi connectivity index (χ4n) is 1.32. The van der Waals surface area contributed by atoms with Gasteiger partial charge in [-0.15, -0.1) is 0 Å². The van der Waals surface area contributed by atoms with Gasteiger partial charge in [0, 0.05) is 11.8 Å². The van der Waals surface area contributed by atoms with Crippen molar-refractivity contribution in [2.45, 2.75) is 6.92 Å². The summed E-state index contributed by atoms with van der Waals surface area (Å²) in [5.74, 6) is -0.757. The van der Waals surface area contributed by atoms with Gasteiger partial charge in [0.1, 0.15) is 18.0 Å². The van der Waals surface area contributed by atoms with E-state index in [4.69, 9.17) is 0 Å². The quantitative estimate of drug-likeness (QED) is 0.862. The van der Waals surface area contributed by atoms with Gasteiger partial charge in [-0.3, -0.25) is 0 Å². The molecule has 0 fully saturated rings. The third kappa shape index (κ3) is 2.76. The van der Waals surface area contributed by atoms with E-state index in [0.29, 0.717) is 10.2 Å². The molecule has 1 heterocycles. The highest BCUT2D eigenvalue weighted by Gasteiger charge is 2.06. The molecule has 0 aliphatic heterocycles. The van der Waals surface area contributed by atoms with Gasteiger partial charge < -0.3 is 5.32 Å². The summed E-state index contributed by atoms with van der Waals surface area (Å²) in [5.41, 5.74) is 1.35. The number of halogens is 3. The van der Waals surface area contributed by atoms with Gasteiger partial charge in [-0.25, -0.2) is 14.4 Å². The predicted octanol–water partition coefficient (Wildman–Crippen LogP) is 3.57. The van der Waals surface area contributed by atoms with Crippen molar-refractivity contribution in [1.29, 1.82) is 0 Å². The number of benzene rings is 1. The fourth-order valence-corrected chi connectivity index (χ4v) is 1.78. The molecule has 3 nitrogen and oxygen atoms in total. The molecular weight excluding hydrogens is 292 g/mol. The van der Waals surface area contributed by atoms with Crippen LogP contribution < -0.4 is 5.32 Å². The lowest BCUT2D eigenvalue weighted by molar-refractivity contribution is 0.580. The van der Waals surface area contributed by atoms with Crippen molar-refractivity contribution in [2.75, 3.05) is 5.32 Å². The molecule has 0 amide bonds. The summed E-state index contributed by atoms with van der Waals surface area (Å²) in [5, 5.41) is 2.83. The molecule has 2 aromatic rings. The van der Waals surface area contributed by atoms with Crippen molar-refractivity contribution < 1.29 is 8.78 Å². The Morgan fingerprint density at radius 3 is 2.65 bits per heavy atom. The van der Waals surface area contributed by atoms with Gasteiger partial charge in [0.15, 0.2) is 0 Å². The van der Waals surface area contributed by atoms with Crippen LogP contribution in [0.2, 0.25) is 0 Å². The first kappa shape index (κ1) is 11.9. The molecule has 2 rings (SSSR count). The van der Waals surface area contributed by atoms with E-state index in [9.17, 15) is 8.78 Å². The summed E-state index contributed by atoms with van der Waals surface area (Å²) in [7, 11) is 0. The molecule has 1 aromatic heterocycles. The van der Waals surface area contributed by atoms with E-state index in [1.54, 1.807) is 6.07 Å². The summed E-state index contributed by atoms with van der Waals surface area (Å²) in [6.07, 6.45) is 1.10. The minimum absolute atomic E-state index is 0.280. The molecule has 0 aliphatic carbocycles. The number of nitrogens with zero attached hydrogens (tertiary/aromatic N) is 2. The van der Waals surface area contributed by atoms with Crippen LogP contribution in [0.4, 0.5) is 20.3 Å². The molecule has 17 heavy (non-hydrogen) atoms. The van der Waals surface area contributed by atoms with Crippen LogP contribution in [0.3, 0.4) is 0 Å². The molecular formula is C11H8BrF2N3. The Labute approximate surface area is 105 Å². The van der Waals surface area contributed by atoms with Gasteiger partial charge >= 0.3 is 0 Å². The summed E-state index contributed by atoms with van der Waals surface area (Å²) >= 11 is 3.09. The SMILES string of the molecule is Cc1cc(Br)c(F)cc1Nc1cc(F)ncn1. The Kier molecular flexibility index (Phi) is 3.33. The van der Waals surface area contributed by atoms with E-state index in [1.807, 2.05) is 6.92 Å². The average Bonchev–Trinajstić information content (AvgIpc) is 2.26. The molecule has 88 valence electrons. The van der Waals surface area contributed by atoms with Crippen LogP contribution >= 0.6 is 15.9 Å². The van der Waals surface area contributed by atoms with Crippen LogP contribution in [0.25, 0.3) is 0 Å². The zero-order valence-corrected chi connectivity index (χ0v) is 10.4. The second-order valence-electron chi connectivity index (χ2n) is 3.43. The molecule has 1 aromatic carbocycles. The summed E-state index contributed by atoms with van der Waals surface area (Å²) in [6, 6.07) is 4.09. The van der Waals surface area contributed by atoms with E-state index >= 15 is 0 Å². The highest BCUT2D eigenvalue weighted by atomic mass is 79.9. The molecule has 0 unspecified atom stereocenters. The van der Waals surface area contributed by atoms with Crippen molar-refractivity contribution in [3.05, 3.63) is 46.3 Å². The van der Waals surface area contributed by atoms with Crippen molar-refractivity contribution in [3.8, 4) is 0 Å². The summed E-state index contributed by atoms with van der Waals surface area (Å²) in [6.45, 7) is 1.81. The fraction of sp³-hybridized carbons (Fsp3) is 0.0909. The maximum Gasteiger partial charge on any atom is 0.218 e. The molecule has 1 N–H and O–H groups in total. The number of hydrogen-bond donors (Lipinski definition) is 1. The number of aromatic nitrogens is 2. The number of anilines is 2. The van der Waals surface area contributed by atoms with Crippen LogP contribution in [0, 0.1) is 18.7 Å². The topological polar surface area (TPSA) is 37.8 Å². The number of hydrogen-bond acceptors (Lipinski definition) is 3. The van der Waals surface area contributed by atoms with Gasteiger partial charge in [0.05, 0.1) is 4.47 Å². The third-order valence-corrected chi connectivity index (χ3v) is 2.77. The average molecular weight is 300 g/mol. The van der Waals surface area contributed by atoms with Crippen molar-refractivity contribution in [2.24, 2.45) is 0 Å². The number of rotatable bonds is 2. The van der Waals surface area contributed by atoms with Gasteiger partial charge in [-0.05, 0) is 40.5 Å². The first-order valence-electron chi connectivity index (χ1n) is 4.76. The second-order valence-corrected chi connectivity index (χ2v) is 4.29. The Morgan fingerprint density at radius 1 is 1.18 bits per heavy atom. The van der Waals surface area contributed by atoms with E-state index in [2.05, 4.69) is 31.2 Å². The van der Waals surface area contributed by atoms with Gasteiger partial charge in [0.2, 0.25) is 5.95 Å². The van der Waals surface area contributed by atoms with Crippen molar-refractivity contribution in [1.82, 2.24) is 9.97 Å². The largest absolute Gasteiger partial charge is 0.340 e. The lowest BCUT2D eigenvalue weighted by atomic mass is 10.2. The molecule has 0 saturated carbocycles. The minimum Gasteiger partial charge on any atom is -0.340 e. The van der Waals surface area contributed by atoms with Gasteiger partial charge in [-0.1, -0.05) is 0 Å². The monoisotopic (exact) mass is 299 g/mol. The molecule has 0 atom stereocenters. The Hall–Kier alpha value is -1.56. The van der Waals surface area contributed by atoms with Crippen LogP contribution in [-0.4, -0.2) is 9.97 Å². The molecule has 6 heteroatoms. The normalized spacial score (nSPS) is 10.4. The molecule has 0 aliphatic rings. The van der Waals surface area contributed by atoms with Crippen molar-refractivity contribution in [3.63, 3.8) is 0 Å². The Bertz CT molecular complexity index is 560. The minimum atomic E-state index is -0.641. The van der Waals surface area contributed by atoms with Gasteiger partial charge in [-0.2, -0.15) is 4.39 Å². The molecule has 0 saturated heterocycles. The van der Waals surface area contributed by atoms with Crippen LogP contribution in [-0.2, 0) is 0 Å². The highest BCUT2D eigenvalue weighted by Crippen LogP contribution is 2.25. The van der Waals surface area contributed by atoms with Crippen molar-refractivity contribution >= 4 is 27.4 Å². The Morgan fingerprint density at radius 2 is 1.94 bits per heavy atom. The van der Waals surface area contributed by atoms with Crippen LogP contribution in [0.5, 0.6) is 0 Å². The maximum atomic E-state index is 13.3. The molecule has 0 bridgehead atoms. The summed E-state index contributed by atoms with van der Waals surface area (Å²) in [4.78, 5) is 7.17. The molecule has 0 spiro atoms. The lowest BCUT2D eigenvalue weighted by Crippen LogP contribution is -1.98. The van der Waals surface area contributed by atoms with E-state index < -0.39 is 11.8 Å². The molecule has 0 radical (unpaired) electrons. The Balaban J connectivity index is 2.33.